The quantitative estimate of drug-likeness (QED) is 0.381. The van der Waals surface area contributed by atoms with Crippen LogP contribution in [0.2, 0.25) is 0 Å². The van der Waals surface area contributed by atoms with E-state index >= 15 is 0 Å². The van der Waals surface area contributed by atoms with Crippen LogP contribution in [-0.2, 0) is 0 Å². The minimum Gasteiger partial charge on any atom is -0.423 e. The highest BCUT2D eigenvalue weighted by atomic mass is 16.5. The molecule has 6 heteroatoms. The second kappa shape index (κ2) is 7.40. The van der Waals surface area contributed by atoms with E-state index in [0.717, 1.165) is 0 Å². The topological polar surface area (TPSA) is 107 Å². The number of nitrogens with two attached hydrogens (primary N) is 2. The Hall–Kier alpha value is -3.80. The molecule has 0 aliphatic rings. The highest BCUT2D eigenvalue weighted by Gasteiger charge is 2.10. The molecule has 0 fully saturated rings. The van der Waals surface area contributed by atoms with Crippen molar-refractivity contribution in [3.05, 3.63) is 83.9 Å². The van der Waals surface area contributed by atoms with Crippen molar-refractivity contribution in [3.63, 3.8) is 0 Å². The lowest BCUT2D eigenvalue weighted by Gasteiger charge is -2.08. The van der Waals surface area contributed by atoms with Gasteiger partial charge in [0.05, 0.1) is 5.56 Å². The minimum atomic E-state index is -0.506. The standard InChI is InChI=1S/C20H17N3O3/c21-15-5-1-3-13(11-15)19(24)23-17-7-9-18(10-8-17)26-20(25)14-4-2-6-16(22)12-14/h1-12H,21-22H2,(H,23,24). The van der Waals surface area contributed by atoms with Crippen molar-refractivity contribution in [1.29, 1.82) is 0 Å². The molecular weight excluding hydrogens is 330 g/mol. The number of nitrogens with one attached hydrogen (secondary N) is 1. The van der Waals surface area contributed by atoms with E-state index in [9.17, 15) is 9.59 Å². The Morgan fingerprint density at radius 1 is 0.769 bits per heavy atom. The Kier molecular flexibility index (Phi) is 4.85. The highest BCUT2D eigenvalue weighted by Crippen LogP contribution is 2.19. The molecule has 3 aromatic carbocycles. The first kappa shape index (κ1) is 17.0. The third-order valence-electron chi connectivity index (χ3n) is 3.59. The number of nitrogen functional groups attached to an aromatic ring is 2. The summed E-state index contributed by atoms with van der Waals surface area (Å²) < 4.78 is 5.29. The van der Waals surface area contributed by atoms with Crippen LogP contribution in [0.5, 0.6) is 5.75 Å². The van der Waals surface area contributed by atoms with E-state index in [2.05, 4.69) is 5.32 Å². The number of esters is 1. The van der Waals surface area contributed by atoms with E-state index in [4.69, 9.17) is 16.2 Å². The van der Waals surface area contributed by atoms with Gasteiger partial charge in [0.1, 0.15) is 5.75 Å². The van der Waals surface area contributed by atoms with Crippen LogP contribution in [0.15, 0.2) is 72.8 Å². The molecule has 5 N–H and O–H groups in total. The van der Waals surface area contributed by atoms with Crippen LogP contribution in [0.4, 0.5) is 17.1 Å². The molecule has 3 aromatic rings. The fourth-order valence-corrected chi connectivity index (χ4v) is 2.32. The number of rotatable bonds is 4. The molecule has 0 aliphatic heterocycles. The zero-order chi connectivity index (χ0) is 18.5. The largest absolute Gasteiger partial charge is 0.423 e. The molecule has 0 saturated carbocycles. The average Bonchev–Trinajstić information content (AvgIpc) is 2.63. The maximum atomic E-state index is 12.2. The molecule has 0 aromatic heterocycles. The average molecular weight is 347 g/mol. The molecule has 0 saturated heterocycles. The molecule has 26 heavy (non-hydrogen) atoms. The van der Waals surface area contributed by atoms with E-state index in [1.165, 1.54) is 0 Å². The van der Waals surface area contributed by atoms with Crippen molar-refractivity contribution >= 4 is 28.9 Å². The van der Waals surface area contributed by atoms with E-state index < -0.39 is 5.97 Å². The summed E-state index contributed by atoms with van der Waals surface area (Å²) in [4.78, 5) is 24.3. The van der Waals surface area contributed by atoms with Gasteiger partial charge >= 0.3 is 5.97 Å². The van der Waals surface area contributed by atoms with Crippen LogP contribution >= 0.6 is 0 Å². The Morgan fingerprint density at radius 2 is 1.35 bits per heavy atom. The van der Waals surface area contributed by atoms with Crippen molar-refractivity contribution in [1.82, 2.24) is 0 Å². The Balaban J connectivity index is 1.65. The van der Waals surface area contributed by atoms with Gasteiger partial charge in [0.2, 0.25) is 0 Å². The van der Waals surface area contributed by atoms with Crippen LogP contribution in [-0.4, -0.2) is 11.9 Å². The zero-order valence-electron chi connectivity index (χ0n) is 13.8. The van der Waals surface area contributed by atoms with Gasteiger partial charge in [0.15, 0.2) is 0 Å². The van der Waals surface area contributed by atoms with Gasteiger partial charge in [0.25, 0.3) is 5.91 Å². The summed E-state index contributed by atoms with van der Waals surface area (Å²) in [6.07, 6.45) is 0. The van der Waals surface area contributed by atoms with Crippen molar-refractivity contribution < 1.29 is 14.3 Å². The normalized spacial score (nSPS) is 10.2. The fraction of sp³-hybridized carbons (Fsp3) is 0. The lowest BCUT2D eigenvalue weighted by molar-refractivity contribution is 0.0734. The van der Waals surface area contributed by atoms with Crippen LogP contribution in [0.1, 0.15) is 20.7 Å². The van der Waals surface area contributed by atoms with Gasteiger partial charge in [-0.25, -0.2) is 4.79 Å². The first-order valence-electron chi connectivity index (χ1n) is 7.86. The number of carbonyl (C=O) groups is 2. The molecule has 6 nitrogen and oxygen atoms in total. The Labute approximate surface area is 150 Å². The predicted molar refractivity (Wildman–Crippen MR) is 101 cm³/mol. The second-order valence-electron chi connectivity index (χ2n) is 5.62. The predicted octanol–water partition coefficient (Wildman–Crippen LogP) is 3.32. The van der Waals surface area contributed by atoms with Gasteiger partial charge in [-0.2, -0.15) is 0 Å². The molecule has 0 spiro atoms. The molecular formula is C20H17N3O3. The molecule has 3 rings (SSSR count). The Morgan fingerprint density at radius 3 is 1.96 bits per heavy atom. The van der Waals surface area contributed by atoms with Crippen LogP contribution in [0.25, 0.3) is 0 Å². The number of amides is 1. The lowest BCUT2D eigenvalue weighted by atomic mass is 10.2. The summed E-state index contributed by atoms with van der Waals surface area (Å²) >= 11 is 0. The molecule has 0 heterocycles. The molecule has 130 valence electrons. The molecule has 1 amide bonds. The summed E-state index contributed by atoms with van der Waals surface area (Å²) in [6.45, 7) is 0. The van der Waals surface area contributed by atoms with Crippen molar-refractivity contribution in [2.24, 2.45) is 0 Å². The van der Waals surface area contributed by atoms with Crippen LogP contribution < -0.4 is 21.5 Å². The van der Waals surface area contributed by atoms with Crippen molar-refractivity contribution in [2.45, 2.75) is 0 Å². The van der Waals surface area contributed by atoms with Gasteiger partial charge < -0.3 is 21.5 Å². The smallest absolute Gasteiger partial charge is 0.343 e. The monoisotopic (exact) mass is 347 g/mol. The highest BCUT2D eigenvalue weighted by molar-refractivity contribution is 6.04. The van der Waals surface area contributed by atoms with Gasteiger partial charge in [-0.15, -0.1) is 0 Å². The van der Waals surface area contributed by atoms with Crippen molar-refractivity contribution in [2.75, 3.05) is 16.8 Å². The van der Waals surface area contributed by atoms with Crippen molar-refractivity contribution in [3.8, 4) is 5.75 Å². The zero-order valence-corrected chi connectivity index (χ0v) is 13.8. The second-order valence-corrected chi connectivity index (χ2v) is 5.62. The van der Waals surface area contributed by atoms with E-state index in [-0.39, 0.29) is 5.91 Å². The van der Waals surface area contributed by atoms with E-state index in [1.807, 2.05) is 0 Å². The van der Waals surface area contributed by atoms with Gasteiger partial charge in [-0.3, -0.25) is 4.79 Å². The maximum absolute atomic E-state index is 12.2. The van der Waals surface area contributed by atoms with E-state index in [1.54, 1.807) is 72.8 Å². The van der Waals surface area contributed by atoms with Gasteiger partial charge in [-0.1, -0.05) is 12.1 Å². The summed E-state index contributed by atoms with van der Waals surface area (Å²) in [5, 5.41) is 2.75. The summed E-state index contributed by atoms with van der Waals surface area (Å²) in [5.74, 6) is -0.421. The minimum absolute atomic E-state index is 0.276. The maximum Gasteiger partial charge on any atom is 0.343 e. The lowest BCUT2D eigenvalue weighted by Crippen LogP contribution is -2.12. The van der Waals surface area contributed by atoms with Crippen LogP contribution in [0, 0.1) is 0 Å². The number of benzene rings is 3. The number of ether oxygens (including phenoxy) is 1. The van der Waals surface area contributed by atoms with Gasteiger partial charge in [-0.05, 0) is 60.7 Å². The number of carbonyl (C=O) groups excluding carboxylic acids is 2. The van der Waals surface area contributed by atoms with Gasteiger partial charge in [0, 0.05) is 22.6 Å². The van der Waals surface area contributed by atoms with E-state index in [0.29, 0.717) is 33.9 Å². The fourth-order valence-electron chi connectivity index (χ4n) is 2.32. The first-order valence-corrected chi connectivity index (χ1v) is 7.86. The third kappa shape index (κ3) is 4.18. The Bertz CT molecular complexity index is 874. The first-order chi connectivity index (χ1) is 12.5. The number of hydrogen-bond acceptors (Lipinski definition) is 5. The summed E-state index contributed by atoms with van der Waals surface area (Å²) in [6, 6.07) is 19.7. The SMILES string of the molecule is Nc1cccc(C(=O)Nc2ccc(OC(=O)c3cccc(N)c3)cc2)c1. The summed E-state index contributed by atoms with van der Waals surface area (Å²) in [5.41, 5.74) is 13.7. The summed E-state index contributed by atoms with van der Waals surface area (Å²) in [7, 11) is 0. The number of hydrogen-bond donors (Lipinski definition) is 3. The van der Waals surface area contributed by atoms with Crippen LogP contribution in [0.3, 0.4) is 0 Å². The molecule has 0 bridgehead atoms. The third-order valence-corrected chi connectivity index (χ3v) is 3.59. The number of anilines is 3. The molecule has 0 radical (unpaired) electrons. The molecule has 0 unspecified atom stereocenters. The molecule has 0 aliphatic carbocycles. The molecule has 0 atom stereocenters.